The van der Waals surface area contributed by atoms with Crippen molar-refractivity contribution in [2.45, 2.75) is 12.5 Å². The molecule has 84 valence electrons. The van der Waals surface area contributed by atoms with Crippen molar-refractivity contribution in [1.82, 2.24) is 15.4 Å². The predicted molar refractivity (Wildman–Crippen MR) is 67.8 cm³/mol. The molecule has 0 aliphatic heterocycles. The van der Waals surface area contributed by atoms with Crippen molar-refractivity contribution in [2.75, 3.05) is 0 Å². The van der Waals surface area contributed by atoms with Gasteiger partial charge in [-0.15, -0.1) is 11.3 Å². The third-order valence-electron chi connectivity index (χ3n) is 2.22. The Labute approximate surface area is 106 Å². The van der Waals surface area contributed by atoms with Crippen LogP contribution in [0.5, 0.6) is 0 Å². The minimum Gasteiger partial charge on any atom is -0.271 e. The van der Waals surface area contributed by atoms with Gasteiger partial charge in [0.05, 0.1) is 17.9 Å². The monoisotopic (exact) mass is 298 g/mol. The largest absolute Gasteiger partial charge is 0.271 e. The van der Waals surface area contributed by atoms with Crippen LogP contribution in [0.3, 0.4) is 0 Å². The van der Waals surface area contributed by atoms with E-state index in [1.165, 1.54) is 4.88 Å². The van der Waals surface area contributed by atoms with Gasteiger partial charge in [-0.25, -0.2) is 0 Å². The average Bonchev–Trinajstić information content (AvgIpc) is 2.73. The molecule has 6 heteroatoms. The fourth-order valence-corrected chi connectivity index (χ4v) is 2.96. The van der Waals surface area contributed by atoms with E-state index in [4.69, 9.17) is 5.84 Å². The zero-order chi connectivity index (χ0) is 11.4. The summed E-state index contributed by atoms with van der Waals surface area (Å²) in [4.78, 5) is 9.53. The highest BCUT2D eigenvalue weighted by molar-refractivity contribution is 9.10. The van der Waals surface area contributed by atoms with Gasteiger partial charge in [-0.2, -0.15) is 0 Å². The third-order valence-corrected chi connectivity index (χ3v) is 4.17. The Bertz CT molecular complexity index is 445. The van der Waals surface area contributed by atoms with E-state index < -0.39 is 0 Å². The Morgan fingerprint density at radius 2 is 2.38 bits per heavy atom. The number of aromatic nitrogens is 2. The molecule has 0 amide bonds. The molecule has 0 aliphatic carbocycles. The molecule has 0 saturated heterocycles. The van der Waals surface area contributed by atoms with Crippen LogP contribution in [0.25, 0.3) is 0 Å². The maximum Gasteiger partial charge on any atom is 0.0773 e. The quantitative estimate of drug-likeness (QED) is 0.670. The summed E-state index contributed by atoms with van der Waals surface area (Å²) in [6.45, 7) is 0. The van der Waals surface area contributed by atoms with E-state index in [2.05, 4.69) is 31.3 Å². The second-order valence-corrected chi connectivity index (χ2v) is 5.10. The number of hydrogen-bond donors (Lipinski definition) is 2. The fourth-order valence-electron chi connectivity index (χ4n) is 1.40. The number of halogens is 1. The van der Waals surface area contributed by atoms with Crippen molar-refractivity contribution in [1.29, 1.82) is 0 Å². The Morgan fingerprint density at radius 1 is 1.50 bits per heavy atom. The molecule has 0 aromatic carbocycles. The predicted octanol–water partition coefficient (Wildman–Crippen LogP) is 2.05. The number of hydrogen-bond acceptors (Lipinski definition) is 5. The maximum absolute atomic E-state index is 5.54. The van der Waals surface area contributed by atoms with Gasteiger partial charge in [0, 0.05) is 28.2 Å². The van der Waals surface area contributed by atoms with Crippen LogP contribution in [0.15, 0.2) is 34.5 Å². The van der Waals surface area contributed by atoms with Gasteiger partial charge in [0.1, 0.15) is 0 Å². The summed E-state index contributed by atoms with van der Waals surface area (Å²) >= 11 is 5.20. The van der Waals surface area contributed by atoms with Crippen molar-refractivity contribution in [3.05, 3.63) is 45.1 Å². The van der Waals surface area contributed by atoms with Crippen LogP contribution >= 0.6 is 27.3 Å². The molecule has 2 heterocycles. The molecule has 2 aromatic rings. The molecule has 0 radical (unpaired) electrons. The number of rotatable bonds is 4. The standard InChI is InChI=1S/C10H11BrN4S/c11-7-1-4-16-10(7)5-8(15-12)9-6-13-2-3-14-9/h1-4,6,8,15H,5,12H2. The van der Waals surface area contributed by atoms with Crippen LogP contribution in [-0.2, 0) is 6.42 Å². The first-order valence-corrected chi connectivity index (χ1v) is 6.42. The molecule has 2 rings (SSSR count). The van der Waals surface area contributed by atoms with Crippen LogP contribution in [0, 0.1) is 0 Å². The summed E-state index contributed by atoms with van der Waals surface area (Å²) in [6, 6.07) is 2.02. The van der Waals surface area contributed by atoms with Crippen molar-refractivity contribution in [3.63, 3.8) is 0 Å². The van der Waals surface area contributed by atoms with E-state index in [1.54, 1.807) is 29.9 Å². The lowest BCUT2D eigenvalue weighted by Crippen LogP contribution is -2.30. The number of nitrogens with zero attached hydrogens (tertiary/aromatic N) is 2. The normalized spacial score (nSPS) is 12.6. The number of nitrogens with one attached hydrogen (secondary N) is 1. The zero-order valence-electron chi connectivity index (χ0n) is 8.43. The lowest BCUT2D eigenvalue weighted by molar-refractivity contribution is 0.539. The second-order valence-electron chi connectivity index (χ2n) is 3.25. The molecule has 0 fully saturated rings. The van der Waals surface area contributed by atoms with Crippen molar-refractivity contribution in [2.24, 2.45) is 5.84 Å². The topological polar surface area (TPSA) is 63.8 Å². The van der Waals surface area contributed by atoms with E-state index in [0.717, 1.165) is 16.6 Å². The van der Waals surface area contributed by atoms with E-state index in [-0.39, 0.29) is 6.04 Å². The van der Waals surface area contributed by atoms with Crippen molar-refractivity contribution >= 4 is 27.3 Å². The molecule has 4 nitrogen and oxygen atoms in total. The van der Waals surface area contributed by atoms with E-state index in [0.29, 0.717) is 0 Å². The maximum atomic E-state index is 5.54. The molecule has 16 heavy (non-hydrogen) atoms. The molecule has 2 aromatic heterocycles. The van der Waals surface area contributed by atoms with Crippen LogP contribution in [-0.4, -0.2) is 9.97 Å². The lowest BCUT2D eigenvalue weighted by Gasteiger charge is -2.13. The van der Waals surface area contributed by atoms with Gasteiger partial charge in [0.15, 0.2) is 0 Å². The van der Waals surface area contributed by atoms with Gasteiger partial charge in [-0.1, -0.05) is 0 Å². The summed E-state index contributed by atoms with van der Waals surface area (Å²) in [5, 5.41) is 2.05. The summed E-state index contributed by atoms with van der Waals surface area (Å²) in [5.74, 6) is 5.54. The molecular weight excluding hydrogens is 288 g/mol. The van der Waals surface area contributed by atoms with Crippen LogP contribution in [0.2, 0.25) is 0 Å². The molecule has 0 bridgehead atoms. The van der Waals surface area contributed by atoms with Crippen molar-refractivity contribution in [3.8, 4) is 0 Å². The SMILES string of the molecule is NNC(Cc1sccc1Br)c1cnccn1. The summed E-state index contributed by atoms with van der Waals surface area (Å²) in [6.07, 6.45) is 5.85. The molecular formula is C10H11BrN4S. The molecule has 1 atom stereocenters. The lowest BCUT2D eigenvalue weighted by atomic mass is 10.1. The summed E-state index contributed by atoms with van der Waals surface area (Å²) in [7, 11) is 0. The number of thiophene rings is 1. The molecule has 1 unspecified atom stereocenters. The molecule has 3 N–H and O–H groups in total. The van der Waals surface area contributed by atoms with Gasteiger partial charge in [0.25, 0.3) is 0 Å². The van der Waals surface area contributed by atoms with Gasteiger partial charge < -0.3 is 0 Å². The Morgan fingerprint density at radius 3 is 2.94 bits per heavy atom. The smallest absolute Gasteiger partial charge is 0.0773 e. The van der Waals surface area contributed by atoms with Crippen molar-refractivity contribution < 1.29 is 0 Å². The fraction of sp³-hybridized carbons (Fsp3) is 0.200. The number of nitrogens with two attached hydrogens (primary N) is 1. The van der Waals surface area contributed by atoms with Gasteiger partial charge in [-0.05, 0) is 27.4 Å². The first-order valence-electron chi connectivity index (χ1n) is 4.75. The zero-order valence-corrected chi connectivity index (χ0v) is 10.8. The highest BCUT2D eigenvalue weighted by Gasteiger charge is 2.14. The highest BCUT2D eigenvalue weighted by atomic mass is 79.9. The van der Waals surface area contributed by atoms with Gasteiger partial charge >= 0.3 is 0 Å². The second kappa shape index (κ2) is 5.49. The van der Waals surface area contributed by atoms with Gasteiger partial charge in [0.2, 0.25) is 0 Å². The van der Waals surface area contributed by atoms with Crippen LogP contribution < -0.4 is 11.3 Å². The molecule has 0 aliphatic rings. The van der Waals surface area contributed by atoms with E-state index in [9.17, 15) is 0 Å². The van der Waals surface area contributed by atoms with E-state index >= 15 is 0 Å². The number of hydrazine groups is 1. The molecule has 0 saturated carbocycles. The third kappa shape index (κ3) is 2.65. The van der Waals surface area contributed by atoms with Crippen LogP contribution in [0.4, 0.5) is 0 Å². The summed E-state index contributed by atoms with van der Waals surface area (Å²) in [5.41, 5.74) is 3.62. The Balaban J connectivity index is 2.16. The average molecular weight is 299 g/mol. The van der Waals surface area contributed by atoms with Crippen LogP contribution in [0.1, 0.15) is 16.6 Å². The Kier molecular flexibility index (Phi) is 4.00. The highest BCUT2D eigenvalue weighted by Crippen LogP contribution is 2.27. The summed E-state index contributed by atoms with van der Waals surface area (Å²) < 4.78 is 1.11. The Hall–Kier alpha value is -0.820. The first kappa shape index (κ1) is 11.7. The van der Waals surface area contributed by atoms with E-state index in [1.807, 2.05) is 11.4 Å². The molecule has 0 spiro atoms. The minimum atomic E-state index is -0.0105. The van der Waals surface area contributed by atoms with Gasteiger partial charge in [-0.3, -0.25) is 21.2 Å². The first-order chi connectivity index (χ1) is 7.81. The minimum absolute atomic E-state index is 0.0105.